The van der Waals surface area contributed by atoms with E-state index in [0.29, 0.717) is 11.9 Å². The molecule has 0 spiro atoms. The standard InChI is InChI=1S/C16H20Cl2N2/c1-10-5-11(2)7-13(6-10)20-15-4-3-12(18)8-14(15)19-16(20)9-17/h3-4,8,10-11,13H,5-7,9H2,1-2H3. The van der Waals surface area contributed by atoms with Crippen LogP contribution in [0.2, 0.25) is 5.02 Å². The summed E-state index contributed by atoms with van der Waals surface area (Å²) in [5.74, 6) is 2.94. The molecule has 1 aliphatic carbocycles. The molecule has 20 heavy (non-hydrogen) atoms. The number of aromatic nitrogens is 2. The normalized spacial score (nSPS) is 27.1. The van der Waals surface area contributed by atoms with Crippen LogP contribution in [0.25, 0.3) is 11.0 Å². The minimum absolute atomic E-state index is 0.450. The largest absolute Gasteiger partial charge is 0.324 e. The molecule has 1 aromatic heterocycles. The third-order valence-corrected chi connectivity index (χ3v) is 4.84. The topological polar surface area (TPSA) is 17.8 Å². The van der Waals surface area contributed by atoms with E-state index in [2.05, 4.69) is 29.5 Å². The first kappa shape index (κ1) is 14.2. The predicted molar refractivity (Wildman–Crippen MR) is 85.5 cm³/mol. The van der Waals surface area contributed by atoms with Gasteiger partial charge in [0.15, 0.2) is 0 Å². The maximum Gasteiger partial charge on any atom is 0.125 e. The Morgan fingerprint density at radius 3 is 2.55 bits per heavy atom. The minimum atomic E-state index is 0.450. The van der Waals surface area contributed by atoms with Crippen molar-refractivity contribution in [3.63, 3.8) is 0 Å². The molecule has 0 aliphatic heterocycles. The molecule has 108 valence electrons. The van der Waals surface area contributed by atoms with E-state index in [1.807, 2.05) is 12.1 Å². The van der Waals surface area contributed by atoms with Gasteiger partial charge < -0.3 is 4.57 Å². The Kier molecular flexibility index (Phi) is 3.96. The van der Waals surface area contributed by atoms with Crippen molar-refractivity contribution in [2.75, 3.05) is 0 Å². The van der Waals surface area contributed by atoms with E-state index in [-0.39, 0.29) is 0 Å². The molecule has 3 rings (SSSR count). The first-order chi connectivity index (χ1) is 9.58. The van der Waals surface area contributed by atoms with Crippen LogP contribution in [0.4, 0.5) is 0 Å². The second-order valence-electron chi connectivity index (χ2n) is 6.24. The van der Waals surface area contributed by atoms with E-state index in [9.17, 15) is 0 Å². The van der Waals surface area contributed by atoms with Crippen molar-refractivity contribution < 1.29 is 0 Å². The molecule has 0 amide bonds. The van der Waals surface area contributed by atoms with Gasteiger partial charge >= 0.3 is 0 Å². The van der Waals surface area contributed by atoms with Gasteiger partial charge in [0.1, 0.15) is 5.82 Å². The van der Waals surface area contributed by atoms with Gasteiger partial charge in [0, 0.05) is 11.1 Å². The maximum atomic E-state index is 6.12. The molecule has 4 heteroatoms. The average Bonchev–Trinajstić information content (AvgIpc) is 2.74. The Labute approximate surface area is 130 Å². The zero-order valence-electron chi connectivity index (χ0n) is 11.9. The van der Waals surface area contributed by atoms with E-state index >= 15 is 0 Å². The molecule has 2 atom stereocenters. The highest BCUT2D eigenvalue weighted by Crippen LogP contribution is 2.38. The van der Waals surface area contributed by atoms with Gasteiger partial charge in [-0.3, -0.25) is 0 Å². The summed E-state index contributed by atoms with van der Waals surface area (Å²) in [7, 11) is 0. The molecule has 1 aliphatic rings. The van der Waals surface area contributed by atoms with E-state index in [4.69, 9.17) is 23.2 Å². The number of fused-ring (bicyclic) bond motifs is 1. The summed E-state index contributed by atoms with van der Waals surface area (Å²) < 4.78 is 2.35. The van der Waals surface area contributed by atoms with Crippen LogP contribution in [0.3, 0.4) is 0 Å². The van der Waals surface area contributed by atoms with Crippen molar-refractivity contribution in [2.45, 2.75) is 45.0 Å². The summed E-state index contributed by atoms with van der Waals surface area (Å²) >= 11 is 12.2. The molecule has 1 saturated carbocycles. The fourth-order valence-electron chi connectivity index (χ4n) is 3.74. The van der Waals surface area contributed by atoms with E-state index in [0.717, 1.165) is 33.7 Å². The molecule has 2 unspecified atom stereocenters. The lowest BCUT2D eigenvalue weighted by molar-refractivity contribution is 0.222. The van der Waals surface area contributed by atoms with Crippen molar-refractivity contribution in [1.82, 2.24) is 9.55 Å². The first-order valence-electron chi connectivity index (χ1n) is 7.30. The van der Waals surface area contributed by atoms with Crippen LogP contribution in [0.15, 0.2) is 18.2 Å². The molecular formula is C16H20Cl2N2. The Morgan fingerprint density at radius 2 is 1.90 bits per heavy atom. The van der Waals surface area contributed by atoms with Gasteiger partial charge in [0.05, 0.1) is 16.9 Å². The lowest BCUT2D eigenvalue weighted by atomic mass is 9.80. The second kappa shape index (κ2) is 5.57. The highest BCUT2D eigenvalue weighted by molar-refractivity contribution is 6.31. The third kappa shape index (κ3) is 2.56. The zero-order valence-corrected chi connectivity index (χ0v) is 13.5. The summed E-state index contributed by atoms with van der Waals surface area (Å²) in [4.78, 5) is 4.66. The molecule has 0 N–H and O–H groups in total. The van der Waals surface area contributed by atoms with Crippen LogP contribution in [-0.4, -0.2) is 9.55 Å². The Morgan fingerprint density at radius 1 is 1.20 bits per heavy atom. The number of imidazole rings is 1. The quantitative estimate of drug-likeness (QED) is 0.677. The van der Waals surface area contributed by atoms with Gasteiger partial charge in [-0.2, -0.15) is 0 Å². The van der Waals surface area contributed by atoms with Gasteiger partial charge in [-0.15, -0.1) is 11.6 Å². The second-order valence-corrected chi connectivity index (χ2v) is 6.94. The minimum Gasteiger partial charge on any atom is -0.324 e. The zero-order chi connectivity index (χ0) is 14.3. The number of halogens is 2. The number of hydrogen-bond donors (Lipinski definition) is 0. The summed E-state index contributed by atoms with van der Waals surface area (Å²) in [6.45, 7) is 4.69. The first-order valence-corrected chi connectivity index (χ1v) is 8.22. The van der Waals surface area contributed by atoms with Crippen molar-refractivity contribution in [3.05, 3.63) is 29.0 Å². The van der Waals surface area contributed by atoms with Gasteiger partial charge in [-0.1, -0.05) is 25.4 Å². The van der Waals surface area contributed by atoms with Crippen LogP contribution >= 0.6 is 23.2 Å². The van der Waals surface area contributed by atoms with Gasteiger partial charge in [-0.05, 0) is 49.3 Å². The van der Waals surface area contributed by atoms with E-state index < -0.39 is 0 Å². The number of nitrogens with zero attached hydrogens (tertiary/aromatic N) is 2. The summed E-state index contributed by atoms with van der Waals surface area (Å²) in [5, 5.41) is 0.730. The summed E-state index contributed by atoms with van der Waals surface area (Å²) in [5.41, 5.74) is 2.12. The van der Waals surface area contributed by atoms with E-state index in [1.54, 1.807) is 0 Å². The molecule has 1 heterocycles. The monoisotopic (exact) mass is 310 g/mol. The van der Waals surface area contributed by atoms with Crippen molar-refractivity contribution >= 4 is 34.2 Å². The smallest absolute Gasteiger partial charge is 0.125 e. The highest BCUT2D eigenvalue weighted by Gasteiger charge is 2.27. The van der Waals surface area contributed by atoms with Crippen LogP contribution in [-0.2, 0) is 5.88 Å². The number of alkyl halides is 1. The van der Waals surface area contributed by atoms with Gasteiger partial charge in [-0.25, -0.2) is 4.98 Å². The van der Waals surface area contributed by atoms with Crippen LogP contribution in [0.1, 0.15) is 45.0 Å². The molecule has 1 fully saturated rings. The third-order valence-electron chi connectivity index (χ3n) is 4.36. The molecule has 0 saturated heterocycles. The predicted octanol–water partition coefficient (Wildman–Crippen LogP) is 5.43. The van der Waals surface area contributed by atoms with E-state index in [1.165, 1.54) is 19.3 Å². The van der Waals surface area contributed by atoms with Crippen molar-refractivity contribution in [2.24, 2.45) is 11.8 Å². The van der Waals surface area contributed by atoms with Gasteiger partial charge in [0.25, 0.3) is 0 Å². The maximum absolute atomic E-state index is 6.12. The van der Waals surface area contributed by atoms with Crippen LogP contribution in [0, 0.1) is 11.8 Å². The van der Waals surface area contributed by atoms with Crippen LogP contribution in [0.5, 0.6) is 0 Å². The lowest BCUT2D eigenvalue weighted by Gasteiger charge is -2.33. The molecule has 2 nitrogen and oxygen atoms in total. The Balaban J connectivity index is 2.09. The van der Waals surface area contributed by atoms with Gasteiger partial charge in [0.2, 0.25) is 0 Å². The van der Waals surface area contributed by atoms with Crippen molar-refractivity contribution in [3.8, 4) is 0 Å². The molecule has 0 bridgehead atoms. The lowest BCUT2D eigenvalue weighted by Crippen LogP contribution is -2.23. The molecule has 0 radical (unpaired) electrons. The Bertz CT molecular complexity index is 610. The Hall–Kier alpha value is -0.730. The van der Waals surface area contributed by atoms with Crippen LogP contribution < -0.4 is 0 Å². The fourth-order valence-corrected chi connectivity index (χ4v) is 4.09. The summed E-state index contributed by atoms with van der Waals surface area (Å²) in [6, 6.07) is 6.45. The van der Waals surface area contributed by atoms with Crippen molar-refractivity contribution in [1.29, 1.82) is 0 Å². The molecule has 2 aromatic rings. The number of rotatable bonds is 2. The SMILES string of the molecule is CC1CC(C)CC(n2c(CCl)nc3cc(Cl)ccc32)C1. The number of benzene rings is 1. The fraction of sp³-hybridized carbons (Fsp3) is 0.562. The molecule has 1 aromatic carbocycles. The summed E-state index contributed by atoms with van der Waals surface area (Å²) in [6.07, 6.45) is 3.75. The highest BCUT2D eigenvalue weighted by atomic mass is 35.5. The molecular weight excluding hydrogens is 291 g/mol. The average molecular weight is 311 g/mol. The number of hydrogen-bond acceptors (Lipinski definition) is 1.